The minimum Gasteiger partial charge on any atom is -0.331 e. The van der Waals surface area contributed by atoms with Crippen LogP contribution in [-0.4, -0.2) is 43.3 Å². The molecule has 160 valence electrons. The Labute approximate surface area is 188 Å². The molecular formula is C20H22BrN3O4S2. The Morgan fingerprint density at radius 2 is 1.97 bits per heavy atom. The smallest absolute Gasteiger partial charge is 0.241 e. The first kappa shape index (κ1) is 22.8. The van der Waals surface area contributed by atoms with Gasteiger partial charge in [-0.2, -0.15) is 0 Å². The van der Waals surface area contributed by atoms with Crippen LogP contribution in [0, 0.1) is 13.8 Å². The van der Waals surface area contributed by atoms with Crippen LogP contribution in [0.4, 0.5) is 5.69 Å². The Morgan fingerprint density at radius 1 is 1.23 bits per heavy atom. The molecule has 1 saturated heterocycles. The van der Waals surface area contributed by atoms with Crippen molar-refractivity contribution in [3.8, 4) is 0 Å². The largest absolute Gasteiger partial charge is 0.331 e. The average Bonchev–Trinajstić information content (AvgIpc) is 2.67. The van der Waals surface area contributed by atoms with E-state index in [2.05, 4.69) is 31.9 Å². The summed E-state index contributed by atoms with van der Waals surface area (Å²) >= 11 is 4.55. The number of hydrogen-bond acceptors (Lipinski definition) is 6. The molecule has 0 spiro atoms. The Kier molecular flexibility index (Phi) is 7.22. The van der Waals surface area contributed by atoms with Gasteiger partial charge in [-0.15, -0.1) is 11.8 Å². The van der Waals surface area contributed by atoms with Gasteiger partial charge < -0.3 is 10.6 Å². The molecule has 2 atom stereocenters. The molecule has 7 nitrogen and oxygen atoms in total. The van der Waals surface area contributed by atoms with Gasteiger partial charge in [-0.25, -0.2) is 8.42 Å². The predicted molar refractivity (Wildman–Crippen MR) is 122 cm³/mol. The summed E-state index contributed by atoms with van der Waals surface area (Å²) in [5.74, 6) is -0.710. The van der Waals surface area contributed by atoms with Crippen molar-refractivity contribution in [1.29, 1.82) is 0 Å². The van der Waals surface area contributed by atoms with Gasteiger partial charge in [0.1, 0.15) is 5.50 Å². The number of carbonyl (C=O) groups is 2. The van der Waals surface area contributed by atoms with E-state index in [4.69, 9.17) is 0 Å². The van der Waals surface area contributed by atoms with Crippen LogP contribution in [0.3, 0.4) is 0 Å². The van der Waals surface area contributed by atoms with Gasteiger partial charge in [-0.3, -0.25) is 14.9 Å². The highest BCUT2D eigenvalue weighted by Gasteiger charge is 2.39. The summed E-state index contributed by atoms with van der Waals surface area (Å²) in [6.07, 6.45) is 0. The minimum absolute atomic E-state index is 0.0228. The lowest BCUT2D eigenvalue weighted by atomic mass is 10.2. The van der Waals surface area contributed by atoms with Gasteiger partial charge in [0.25, 0.3) is 0 Å². The summed E-state index contributed by atoms with van der Waals surface area (Å²) in [5.41, 5.74) is 1.68. The van der Waals surface area contributed by atoms with E-state index in [9.17, 15) is 18.0 Å². The zero-order valence-corrected chi connectivity index (χ0v) is 19.7. The first-order chi connectivity index (χ1) is 14.2. The summed E-state index contributed by atoms with van der Waals surface area (Å²) in [5, 5.41) is 7.21. The number of aryl methyl sites for hydroxylation is 2. The Morgan fingerprint density at radius 3 is 2.63 bits per heavy atom. The van der Waals surface area contributed by atoms with Crippen LogP contribution in [-0.2, 0) is 19.4 Å². The third kappa shape index (κ3) is 5.23. The molecule has 0 bridgehead atoms. The number of nitrogens with one attached hydrogen (secondary N) is 3. The van der Waals surface area contributed by atoms with E-state index in [0.717, 1.165) is 10.0 Å². The third-order valence-corrected chi connectivity index (χ3v) is 8.53. The van der Waals surface area contributed by atoms with Crippen LogP contribution in [0.2, 0.25) is 0 Å². The molecular weight excluding hydrogens is 490 g/mol. The molecule has 2 aromatic rings. The lowest BCUT2D eigenvalue weighted by molar-refractivity contribution is -0.122. The van der Waals surface area contributed by atoms with E-state index < -0.39 is 26.5 Å². The minimum atomic E-state index is -3.83. The Bertz CT molecular complexity index is 1080. The molecule has 3 rings (SSSR count). The summed E-state index contributed by atoms with van der Waals surface area (Å²) in [6, 6.07) is 12.3. The van der Waals surface area contributed by atoms with Gasteiger partial charge in [-0.1, -0.05) is 29.8 Å². The summed E-state index contributed by atoms with van der Waals surface area (Å²) in [7, 11) is -3.83. The fourth-order valence-corrected chi connectivity index (χ4v) is 6.04. The van der Waals surface area contributed by atoms with Crippen molar-refractivity contribution in [2.75, 3.05) is 17.6 Å². The molecule has 1 fully saturated rings. The second-order valence-corrected chi connectivity index (χ2v) is 11.0. The normalized spacial score (nSPS) is 19.2. The van der Waals surface area contributed by atoms with Crippen LogP contribution in [0.25, 0.3) is 0 Å². The number of para-hydroxylation sites is 1. The fourth-order valence-electron chi connectivity index (χ4n) is 3.11. The van der Waals surface area contributed by atoms with Crippen molar-refractivity contribution in [2.45, 2.75) is 29.5 Å². The summed E-state index contributed by atoms with van der Waals surface area (Å²) < 4.78 is 26.7. The van der Waals surface area contributed by atoms with E-state index in [-0.39, 0.29) is 23.1 Å². The topological polar surface area (TPSA) is 104 Å². The fraction of sp³-hybridized carbons (Fsp3) is 0.300. The SMILES string of the molecule is Cc1ccc(S(=O)(=O)C2CNC(SCC(=O)Nc3ccccc3Br)NC2=O)c(C)c1. The Hall–Kier alpha value is -1.88. The molecule has 1 aliphatic heterocycles. The Balaban J connectivity index is 1.58. The lowest BCUT2D eigenvalue weighted by Crippen LogP contribution is -2.59. The van der Waals surface area contributed by atoms with Crippen molar-refractivity contribution in [3.05, 3.63) is 58.1 Å². The van der Waals surface area contributed by atoms with Crippen molar-refractivity contribution >= 4 is 55.0 Å². The monoisotopic (exact) mass is 511 g/mol. The number of amides is 2. The van der Waals surface area contributed by atoms with Crippen molar-refractivity contribution in [3.63, 3.8) is 0 Å². The lowest BCUT2D eigenvalue weighted by Gasteiger charge is -2.30. The molecule has 0 aromatic heterocycles. The number of rotatable bonds is 6. The number of sulfone groups is 1. The number of anilines is 1. The highest BCUT2D eigenvalue weighted by atomic mass is 79.9. The van der Waals surface area contributed by atoms with Crippen molar-refractivity contribution < 1.29 is 18.0 Å². The third-order valence-electron chi connectivity index (χ3n) is 4.59. The number of benzene rings is 2. The first-order valence-corrected chi connectivity index (χ1v) is 12.6. The zero-order chi connectivity index (χ0) is 21.9. The maximum absolute atomic E-state index is 13.0. The van der Waals surface area contributed by atoms with Gasteiger partial charge in [0.15, 0.2) is 15.1 Å². The van der Waals surface area contributed by atoms with Gasteiger partial charge >= 0.3 is 0 Å². The van der Waals surface area contributed by atoms with Crippen LogP contribution < -0.4 is 16.0 Å². The molecule has 2 unspecified atom stereocenters. The number of thioether (sulfide) groups is 1. The molecule has 0 radical (unpaired) electrons. The number of hydrogen-bond donors (Lipinski definition) is 3. The van der Waals surface area contributed by atoms with Gasteiger partial charge in [0, 0.05) is 11.0 Å². The predicted octanol–water partition coefficient (Wildman–Crippen LogP) is 2.58. The van der Waals surface area contributed by atoms with Gasteiger partial charge in [0.2, 0.25) is 11.8 Å². The van der Waals surface area contributed by atoms with E-state index in [1.807, 2.05) is 25.1 Å². The van der Waals surface area contributed by atoms with Crippen LogP contribution >= 0.6 is 27.7 Å². The van der Waals surface area contributed by atoms with E-state index in [1.165, 1.54) is 11.8 Å². The van der Waals surface area contributed by atoms with Crippen LogP contribution in [0.15, 0.2) is 51.8 Å². The molecule has 10 heteroatoms. The second-order valence-electron chi connectivity index (χ2n) is 6.94. The second kappa shape index (κ2) is 9.51. The zero-order valence-electron chi connectivity index (χ0n) is 16.4. The summed E-state index contributed by atoms with van der Waals surface area (Å²) in [6.45, 7) is 3.58. The maximum atomic E-state index is 13.0. The van der Waals surface area contributed by atoms with Crippen molar-refractivity contribution in [1.82, 2.24) is 10.6 Å². The highest BCUT2D eigenvalue weighted by Crippen LogP contribution is 2.24. The maximum Gasteiger partial charge on any atom is 0.241 e. The molecule has 3 N–H and O–H groups in total. The number of halogens is 1. The standard InChI is InChI=1S/C20H22BrN3O4S2/c1-12-7-8-16(13(2)9-12)30(27,28)17-10-22-20(24-19(17)26)29-11-18(25)23-15-6-4-3-5-14(15)21/h3-9,17,20,22H,10-11H2,1-2H3,(H,23,25)(H,24,26). The molecule has 1 aliphatic rings. The number of carbonyl (C=O) groups excluding carboxylic acids is 2. The quantitative estimate of drug-likeness (QED) is 0.550. The molecule has 30 heavy (non-hydrogen) atoms. The van der Waals surface area contributed by atoms with E-state index >= 15 is 0 Å². The van der Waals surface area contributed by atoms with Crippen LogP contribution in [0.5, 0.6) is 0 Å². The average molecular weight is 512 g/mol. The molecule has 0 aliphatic carbocycles. The van der Waals surface area contributed by atoms with Gasteiger partial charge in [0.05, 0.1) is 16.3 Å². The van der Waals surface area contributed by atoms with Gasteiger partial charge in [-0.05, 0) is 53.5 Å². The van der Waals surface area contributed by atoms with E-state index in [1.54, 1.807) is 31.2 Å². The van der Waals surface area contributed by atoms with E-state index in [0.29, 0.717) is 11.3 Å². The molecule has 2 amide bonds. The summed E-state index contributed by atoms with van der Waals surface area (Å²) in [4.78, 5) is 24.9. The molecule has 2 aromatic carbocycles. The molecule has 0 saturated carbocycles. The molecule has 1 heterocycles. The van der Waals surface area contributed by atoms with Crippen molar-refractivity contribution in [2.24, 2.45) is 0 Å². The van der Waals surface area contributed by atoms with Crippen LogP contribution in [0.1, 0.15) is 11.1 Å². The highest BCUT2D eigenvalue weighted by molar-refractivity contribution is 9.10. The first-order valence-electron chi connectivity index (χ1n) is 9.19.